The van der Waals surface area contributed by atoms with Crippen molar-refractivity contribution in [3.8, 4) is 17.1 Å². The number of carboxylic acids is 1. The molecule has 4 heterocycles. The first-order valence-electron chi connectivity index (χ1n) is 12.8. The molecule has 204 valence electrons. The van der Waals surface area contributed by atoms with Crippen molar-refractivity contribution < 1.29 is 14.6 Å². The van der Waals surface area contributed by atoms with Crippen molar-refractivity contribution in [3.63, 3.8) is 0 Å². The second-order valence-electron chi connectivity index (χ2n) is 9.55. The van der Waals surface area contributed by atoms with E-state index < -0.39 is 5.97 Å². The van der Waals surface area contributed by atoms with Crippen molar-refractivity contribution >= 4 is 29.1 Å². The molecule has 0 aliphatic carbocycles. The van der Waals surface area contributed by atoms with Crippen molar-refractivity contribution in [2.45, 2.75) is 38.3 Å². The van der Waals surface area contributed by atoms with Crippen LogP contribution < -0.4 is 15.4 Å². The van der Waals surface area contributed by atoms with Crippen LogP contribution in [-0.2, 0) is 13.6 Å². The molecule has 4 aromatic rings. The van der Waals surface area contributed by atoms with Gasteiger partial charge in [0.2, 0.25) is 5.95 Å². The lowest BCUT2D eigenvalue weighted by Gasteiger charge is -2.32. The topological polar surface area (TPSA) is 148 Å². The number of nitrogens with zero attached hydrogens (tertiary/aromatic N) is 8. The molecule has 0 saturated carbocycles. The highest BCUT2D eigenvalue weighted by molar-refractivity contribution is 5.94. The highest BCUT2D eigenvalue weighted by Gasteiger charge is 2.20. The normalized spacial score (nSPS) is 15.7. The number of aromatic nitrogens is 7. The van der Waals surface area contributed by atoms with Gasteiger partial charge in [0.25, 0.3) is 0 Å². The summed E-state index contributed by atoms with van der Waals surface area (Å²) in [6, 6.07) is 5.97. The third kappa shape index (κ3) is 5.98. The van der Waals surface area contributed by atoms with Crippen molar-refractivity contribution in [2.75, 3.05) is 31.3 Å². The molecule has 0 spiro atoms. The Balaban J connectivity index is 1.34. The molecule has 0 amide bonds. The molecule has 13 nitrogen and oxygen atoms in total. The minimum absolute atomic E-state index is 0.0868. The zero-order chi connectivity index (χ0) is 27.4. The van der Waals surface area contributed by atoms with Gasteiger partial charge >= 0.3 is 5.97 Å². The maximum Gasteiger partial charge on any atom is 0.341 e. The first kappa shape index (κ1) is 26.1. The zero-order valence-corrected chi connectivity index (χ0v) is 22.2. The number of aromatic carboxylic acids is 1. The van der Waals surface area contributed by atoms with E-state index in [1.807, 2.05) is 16.9 Å². The third-order valence-electron chi connectivity index (χ3n) is 6.83. The van der Waals surface area contributed by atoms with E-state index in [0.29, 0.717) is 34.6 Å². The monoisotopic (exact) mass is 532 g/mol. The molecule has 1 fully saturated rings. The van der Waals surface area contributed by atoms with Gasteiger partial charge in [0.1, 0.15) is 11.9 Å². The summed E-state index contributed by atoms with van der Waals surface area (Å²) in [6.07, 6.45) is 11.3. The number of carbonyl (C=O) groups is 1. The van der Waals surface area contributed by atoms with Crippen LogP contribution in [0, 0.1) is 0 Å². The van der Waals surface area contributed by atoms with Gasteiger partial charge in [-0.05, 0) is 45.0 Å². The number of ether oxygens (including phenoxy) is 1. The zero-order valence-electron chi connectivity index (χ0n) is 22.2. The largest absolute Gasteiger partial charge is 0.494 e. The Kier molecular flexibility index (Phi) is 7.68. The van der Waals surface area contributed by atoms with Crippen LogP contribution >= 0.6 is 0 Å². The summed E-state index contributed by atoms with van der Waals surface area (Å²) in [7, 11) is 5.49. The maximum absolute atomic E-state index is 11.9. The maximum atomic E-state index is 11.9. The van der Waals surface area contributed by atoms with E-state index in [2.05, 4.69) is 47.7 Å². The van der Waals surface area contributed by atoms with Crippen LogP contribution in [0.15, 0.2) is 43.1 Å². The van der Waals surface area contributed by atoms with E-state index in [1.54, 1.807) is 36.4 Å². The van der Waals surface area contributed by atoms with E-state index >= 15 is 0 Å². The van der Waals surface area contributed by atoms with Gasteiger partial charge in [-0.2, -0.15) is 15.2 Å². The standard InChI is InChI=1S/C26H32N10O3/c1-34-11-5-4-7-18(34)10-12-36-15-17(13-29-36)30-26-27-14-20(25(37)38)24(32-26)31-21-9-6-8-19(22(21)39-3)23-28-16-35(2)33-23/h6,8-9,13-16,18H,4-5,7,10-12H2,1-3H3,(H,37,38)(H2,27,30,31,32). The number of carboxylic acid groups (broad SMARTS) is 1. The van der Waals surface area contributed by atoms with Gasteiger partial charge in [0.15, 0.2) is 17.4 Å². The van der Waals surface area contributed by atoms with Crippen LogP contribution in [0.5, 0.6) is 5.75 Å². The molecule has 13 heteroatoms. The van der Waals surface area contributed by atoms with E-state index in [1.165, 1.54) is 32.6 Å². The molecule has 5 rings (SSSR count). The Hall–Kier alpha value is -4.52. The van der Waals surface area contributed by atoms with Crippen LogP contribution in [0.3, 0.4) is 0 Å². The number of anilines is 4. The first-order valence-corrected chi connectivity index (χ1v) is 12.8. The number of rotatable bonds is 10. The molecule has 1 atom stereocenters. The summed E-state index contributed by atoms with van der Waals surface area (Å²) in [5, 5.41) is 24.8. The number of para-hydroxylation sites is 1. The van der Waals surface area contributed by atoms with Crippen molar-refractivity contribution in [2.24, 2.45) is 7.05 Å². The average Bonchev–Trinajstić information content (AvgIpc) is 3.56. The lowest BCUT2D eigenvalue weighted by molar-refractivity contribution is 0.0697. The highest BCUT2D eigenvalue weighted by Crippen LogP contribution is 2.36. The summed E-state index contributed by atoms with van der Waals surface area (Å²) >= 11 is 0. The molecular formula is C26H32N10O3. The van der Waals surface area contributed by atoms with Gasteiger partial charge in [0, 0.05) is 32.0 Å². The molecule has 39 heavy (non-hydrogen) atoms. The Morgan fingerprint density at radius 1 is 1.18 bits per heavy atom. The van der Waals surface area contributed by atoms with E-state index in [-0.39, 0.29) is 17.3 Å². The predicted octanol–water partition coefficient (Wildman–Crippen LogP) is 3.54. The molecule has 1 aliphatic rings. The number of hydrogen-bond donors (Lipinski definition) is 3. The van der Waals surface area contributed by atoms with Gasteiger partial charge < -0.3 is 25.4 Å². The van der Waals surface area contributed by atoms with Crippen molar-refractivity contribution in [1.29, 1.82) is 0 Å². The second kappa shape index (κ2) is 11.5. The lowest BCUT2D eigenvalue weighted by Crippen LogP contribution is -2.36. The Bertz CT molecular complexity index is 1450. The van der Waals surface area contributed by atoms with Gasteiger partial charge in [0.05, 0.1) is 30.2 Å². The Morgan fingerprint density at radius 2 is 2.05 bits per heavy atom. The Morgan fingerprint density at radius 3 is 2.79 bits per heavy atom. The average molecular weight is 533 g/mol. The number of piperidine rings is 1. The Labute approximate surface area is 225 Å². The summed E-state index contributed by atoms with van der Waals surface area (Å²) in [6.45, 7) is 1.95. The quantitative estimate of drug-likeness (QED) is 0.275. The van der Waals surface area contributed by atoms with Gasteiger partial charge in [-0.15, -0.1) is 0 Å². The molecule has 0 bridgehead atoms. The van der Waals surface area contributed by atoms with Gasteiger partial charge in [-0.1, -0.05) is 12.5 Å². The lowest BCUT2D eigenvalue weighted by atomic mass is 10.0. The molecule has 3 N–H and O–H groups in total. The minimum Gasteiger partial charge on any atom is -0.494 e. The SMILES string of the molecule is COc1c(Nc2nc(Nc3cnn(CCC4CCCCN4C)c3)ncc2C(=O)O)cccc1-c1ncn(C)n1. The molecular weight excluding hydrogens is 500 g/mol. The first-order chi connectivity index (χ1) is 18.9. The van der Waals surface area contributed by atoms with Crippen LogP contribution in [-0.4, -0.2) is 77.2 Å². The third-order valence-corrected chi connectivity index (χ3v) is 6.83. The van der Waals surface area contributed by atoms with E-state index in [9.17, 15) is 9.90 Å². The number of methoxy groups -OCH3 is 1. The fraction of sp³-hybridized carbons (Fsp3) is 0.385. The molecule has 1 unspecified atom stereocenters. The fourth-order valence-electron chi connectivity index (χ4n) is 4.79. The second-order valence-corrected chi connectivity index (χ2v) is 9.55. The smallest absolute Gasteiger partial charge is 0.341 e. The highest BCUT2D eigenvalue weighted by atomic mass is 16.5. The van der Waals surface area contributed by atoms with Crippen LogP contribution in [0.2, 0.25) is 0 Å². The minimum atomic E-state index is -1.16. The van der Waals surface area contributed by atoms with Crippen LogP contribution in [0.1, 0.15) is 36.0 Å². The fourth-order valence-corrected chi connectivity index (χ4v) is 4.79. The number of benzene rings is 1. The molecule has 3 aromatic heterocycles. The van der Waals surface area contributed by atoms with Gasteiger partial charge in [-0.25, -0.2) is 14.8 Å². The molecule has 1 saturated heterocycles. The van der Waals surface area contributed by atoms with E-state index in [0.717, 1.165) is 19.5 Å². The van der Waals surface area contributed by atoms with Crippen molar-refractivity contribution in [1.82, 2.24) is 39.4 Å². The van der Waals surface area contributed by atoms with Gasteiger partial charge in [-0.3, -0.25) is 9.36 Å². The summed E-state index contributed by atoms with van der Waals surface area (Å²) in [5.74, 6) is 0.116. The van der Waals surface area contributed by atoms with E-state index in [4.69, 9.17) is 4.74 Å². The number of hydrogen-bond acceptors (Lipinski definition) is 10. The number of nitrogens with one attached hydrogen (secondary N) is 2. The predicted molar refractivity (Wildman–Crippen MR) is 146 cm³/mol. The van der Waals surface area contributed by atoms with Crippen LogP contribution in [0.4, 0.5) is 23.1 Å². The molecule has 1 aliphatic heterocycles. The van der Waals surface area contributed by atoms with Crippen molar-refractivity contribution in [3.05, 3.63) is 48.7 Å². The summed E-state index contributed by atoms with van der Waals surface area (Å²) < 4.78 is 9.14. The number of aryl methyl sites for hydroxylation is 2. The summed E-state index contributed by atoms with van der Waals surface area (Å²) in [5.41, 5.74) is 1.78. The molecule has 0 radical (unpaired) electrons. The molecule has 1 aromatic carbocycles. The number of likely N-dealkylation sites (tertiary alicyclic amines) is 1. The van der Waals surface area contributed by atoms with Crippen LogP contribution in [0.25, 0.3) is 11.4 Å². The summed E-state index contributed by atoms with van der Waals surface area (Å²) in [4.78, 5) is 27.3.